The average molecular weight is 554 g/mol. The number of para-hydroxylation sites is 1. The van der Waals surface area contributed by atoms with Crippen molar-refractivity contribution in [1.29, 1.82) is 0 Å². The third kappa shape index (κ3) is 6.17. The number of carbonyl (C=O) groups excluding carboxylic acids is 1. The largest absolute Gasteiger partial charge is 0.507 e. The molecule has 41 heavy (non-hydrogen) atoms. The van der Waals surface area contributed by atoms with Crippen molar-refractivity contribution in [3.63, 3.8) is 0 Å². The van der Waals surface area contributed by atoms with Gasteiger partial charge in [0.25, 0.3) is 0 Å². The van der Waals surface area contributed by atoms with Crippen LogP contribution in [0.15, 0.2) is 60.7 Å². The van der Waals surface area contributed by atoms with Crippen molar-refractivity contribution in [3.8, 4) is 11.5 Å². The number of carbonyl (C=O) groups is 1. The van der Waals surface area contributed by atoms with Crippen LogP contribution < -0.4 is 9.64 Å². The quantitative estimate of drug-likeness (QED) is 0.272. The Balaban J connectivity index is 1.62. The number of phenolic OH excluding ortho intramolecular Hbond substituents is 1. The molecule has 0 spiro atoms. The SMILES string of the molecule is CC(C)c1cc(N(C(=O)Oc2c(C(C)C)cccc2C(C)C2CC2)[C@H](C)c2ccccc2)cc(C(C)C2CC2)c1O. The van der Waals surface area contributed by atoms with Crippen molar-refractivity contribution in [1.82, 2.24) is 0 Å². The molecule has 1 amide bonds. The van der Waals surface area contributed by atoms with Crippen LogP contribution in [0.1, 0.15) is 132 Å². The van der Waals surface area contributed by atoms with Gasteiger partial charge in [0, 0.05) is 5.69 Å². The first-order chi connectivity index (χ1) is 19.6. The van der Waals surface area contributed by atoms with Gasteiger partial charge in [-0.25, -0.2) is 4.79 Å². The number of nitrogens with zero attached hydrogens (tertiary/aromatic N) is 1. The second-order valence-electron chi connectivity index (χ2n) is 13.1. The van der Waals surface area contributed by atoms with E-state index in [1.807, 2.05) is 30.3 Å². The lowest BCUT2D eigenvalue weighted by atomic mass is 9.89. The molecule has 2 saturated carbocycles. The van der Waals surface area contributed by atoms with E-state index in [2.05, 4.69) is 78.8 Å². The molecule has 4 nitrogen and oxygen atoms in total. The molecular formula is C37H47NO3. The van der Waals surface area contributed by atoms with Crippen LogP contribution in [-0.2, 0) is 0 Å². The second-order valence-corrected chi connectivity index (χ2v) is 13.1. The first-order valence-corrected chi connectivity index (χ1v) is 15.6. The number of amides is 1. The smallest absolute Gasteiger partial charge is 0.420 e. The lowest BCUT2D eigenvalue weighted by molar-refractivity contribution is 0.204. The van der Waals surface area contributed by atoms with E-state index in [9.17, 15) is 9.90 Å². The predicted octanol–water partition coefficient (Wildman–Crippen LogP) is 10.4. The van der Waals surface area contributed by atoms with Crippen LogP contribution in [0.25, 0.3) is 0 Å². The molecular weight excluding hydrogens is 506 g/mol. The monoisotopic (exact) mass is 553 g/mol. The Kier molecular flexibility index (Phi) is 8.50. The van der Waals surface area contributed by atoms with Crippen LogP contribution in [0.2, 0.25) is 0 Å². The zero-order valence-corrected chi connectivity index (χ0v) is 25.9. The summed E-state index contributed by atoms with van der Waals surface area (Å²) in [5, 5.41) is 11.4. The fourth-order valence-electron chi connectivity index (χ4n) is 6.30. The molecule has 3 aromatic rings. The van der Waals surface area contributed by atoms with Crippen molar-refractivity contribution >= 4 is 11.8 Å². The van der Waals surface area contributed by atoms with Crippen molar-refractivity contribution in [3.05, 3.63) is 88.5 Å². The maximum atomic E-state index is 14.5. The van der Waals surface area contributed by atoms with Crippen LogP contribution >= 0.6 is 0 Å². The molecule has 2 aliphatic carbocycles. The minimum absolute atomic E-state index is 0.109. The van der Waals surface area contributed by atoms with Gasteiger partial charge in [-0.2, -0.15) is 0 Å². The van der Waals surface area contributed by atoms with Gasteiger partial charge in [0.1, 0.15) is 11.5 Å². The van der Waals surface area contributed by atoms with Gasteiger partial charge >= 0.3 is 6.09 Å². The lowest BCUT2D eigenvalue weighted by Crippen LogP contribution is -2.36. The molecule has 218 valence electrons. The molecule has 3 aromatic carbocycles. The van der Waals surface area contributed by atoms with Gasteiger partial charge in [0.2, 0.25) is 0 Å². The highest BCUT2D eigenvalue weighted by atomic mass is 16.6. The second kappa shape index (κ2) is 11.9. The molecule has 0 heterocycles. The average Bonchev–Trinajstić information content (AvgIpc) is 3.87. The van der Waals surface area contributed by atoms with Crippen LogP contribution in [0.5, 0.6) is 11.5 Å². The Morgan fingerprint density at radius 3 is 1.83 bits per heavy atom. The summed E-state index contributed by atoms with van der Waals surface area (Å²) in [6.45, 7) is 15.0. The van der Waals surface area contributed by atoms with Crippen molar-refractivity contribution in [2.45, 2.75) is 104 Å². The minimum atomic E-state index is -0.385. The Hall–Kier alpha value is -3.27. The van der Waals surface area contributed by atoms with E-state index >= 15 is 0 Å². The van der Waals surface area contributed by atoms with E-state index in [0.717, 1.165) is 33.5 Å². The zero-order chi connectivity index (χ0) is 29.4. The van der Waals surface area contributed by atoms with E-state index in [1.165, 1.54) is 25.7 Å². The van der Waals surface area contributed by atoms with E-state index < -0.39 is 0 Å². The van der Waals surface area contributed by atoms with Crippen LogP contribution in [0.3, 0.4) is 0 Å². The van der Waals surface area contributed by atoms with Crippen molar-refractivity contribution < 1.29 is 14.6 Å². The van der Waals surface area contributed by atoms with Crippen LogP contribution in [0.4, 0.5) is 10.5 Å². The third-order valence-corrected chi connectivity index (χ3v) is 9.45. The summed E-state index contributed by atoms with van der Waals surface area (Å²) in [5.41, 5.74) is 5.78. The number of hydrogen-bond acceptors (Lipinski definition) is 3. The molecule has 0 radical (unpaired) electrons. The van der Waals surface area contributed by atoms with Crippen LogP contribution in [-0.4, -0.2) is 11.2 Å². The summed E-state index contributed by atoms with van der Waals surface area (Å²) < 4.78 is 6.51. The lowest BCUT2D eigenvalue weighted by Gasteiger charge is -2.32. The summed E-state index contributed by atoms with van der Waals surface area (Å²) in [6.07, 6.45) is 4.43. The number of hydrogen-bond donors (Lipinski definition) is 1. The van der Waals surface area contributed by atoms with E-state index in [1.54, 1.807) is 4.90 Å². The van der Waals surface area contributed by atoms with E-state index in [-0.39, 0.29) is 29.9 Å². The first-order valence-electron chi connectivity index (χ1n) is 15.6. The van der Waals surface area contributed by atoms with E-state index in [0.29, 0.717) is 29.3 Å². The fourth-order valence-corrected chi connectivity index (χ4v) is 6.30. The molecule has 0 saturated heterocycles. The Morgan fingerprint density at radius 1 is 0.732 bits per heavy atom. The highest BCUT2D eigenvalue weighted by Crippen LogP contribution is 2.49. The summed E-state index contributed by atoms with van der Waals surface area (Å²) in [7, 11) is 0. The Labute approximate surface area is 246 Å². The summed E-state index contributed by atoms with van der Waals surface area (Å²) in [6, 6.07) is 20.2. The normalized spacial score (nSPS) is 17.4. The number of ether oxygens (including phenoxy) is 1. The van der Waals surface area contributed by atoms with Gasteiger partial charge in [-0.1, -0.05) is 90.1 Å². The minimum Gasteiger partial charge on any atom is -0.507 e. The van der Waals surface area contributed by atoms with Gasteiger partial charge < -0.3 is 9.84 Å². The topological polar surface area (TPSA) is 49.8 Å². The van der Waals surface area contributed by atoms with Gasteiger partial charge in [-0.15, -0.1) is 0 Å². The third-order valence-electron chi connectivity index (χ3n) is 9.45. The molecule has 0 aromatic heterocycles. The number of aromatic hydroxyl groups is 1. The molecule has 3 atom stereocenters. The first kappa shape index (κ1) is 29.2. The molecule has 0 bridgehead atoms. The Bertz CT molecular complexity index is 1370. The van der Waals surface area contributed by atoms with Crippen LogP contribution in [0, 0.1) is 11.8 Å². The van der Waals surface area contributed by atoms with Gasteiger partial charge in [0.05, 0.1) is 6.04 Å². The molecule has 2 unspecified atom stereocenters. The fraction of sp³-hybridized carbons (Fsp3) is 0.486. The molecule has 2 fully saturated rings. The van der Waals surface area contributed by atoms with E-state index in [4.69, 9.17) is 4.74 Å². The predicted molar refractivity (Wildman–Crippen MR) is 168 cm³/mol. The molecule has 4 heteroatoms. The highest BCUT2D eigenvalue weighted by molar-refractivity contribution is 5.91. The number of anilines is 1. The summed E-state index contributed by atoms with van der Waals surface area (Å²) in [4.78, 5) is 16.3. The molecule has 0 aliphatic heterocycles. The number of rotatable bonds is 10. The van der Waals surface area contributed by atoms with Crippen molar-refractivity contribution in [2.75, 3.05) is 4.90 Å². The maximum absolute atomic E-state index is 14.5. The van der Waals surface area contributed by atoms with Gasteiger partial charge in [-0.3, -0.25) is 4.90 Å². The highest BCUT2D eigenvalue weighted by Gasteiger charge is 2.35. The van der Waals surface area contributed by atoms with Crippen molar-refractivity contribution in [2.24, 2.45) is 11.8 Å². The Morgan fingerprint density at radius 2 is 1.27 bits per heavy atom. The van der Waals surface area contributed by atoms with Gasteiger partial charge in [0.15, 0.2) is 0 Å². The molecule has 5 rings (SSSR count). The maximum Gasteiger partial charge on any atom is 0.420 e. The number of benzene rings is 3. The zero-order valence-electron chi connectivity index (χ0n) is 25.9. The van der Waals surface area contributed by atoms with Gasteiger partial charge in [-0.05, 0) is 108 Å². The molecule has 2 aliphatic rings. The summed E-state index contributed by atoms with van der Waals surface area (Å²) >= 11 is 0. The number of phenols is 1. The standard InChI is InChI=1S/C37H47NO3/c1-22(2)31-14-11-15-32(24(5)27-16-17-27)36(31)41-37(40)38(26(7)29-12-9-8-10-13-29)30-20-33(23(3)4)35(39)34(21-30)25(6)28-18-19-28/h8-15,20-28,39H,16-19H2,1-7H3/t24?,25?,26-/m1/s1. The summed E-state index contributed by atoms with van der Waals surface area (Å²) in [5.74, 6) is 3.20. The molecule has 1 N–H and O–H groups in total.